The zero-order valence-corrected chi connectivity index (χ0v) is 20.1. The van der Waals surface area contributed by atoms with Gasteiger partial charge in [-0.05, 0) is 32.1 Å². The van der Waals surface area contributed by atoms with Crippen molar-refractivity contribution >= 4 is 11.9 Å². The molecule has 3 atom stereocenters. The number of rotatable bonds is 18. The van der Waals surface area contributed by atoms with Crippen LogP contribution in [0, 0.1) is 0 Å². The average molecular weight is 439 g/mol. The number of carbonyl (C=O) groups excluding carboxylic acids is 1. The molecule has 0 aromatic rings. The Morgan fingerprint density at radius 2 is 1.68 bits per heavy atom. The first kappa shape index (κ1) is 27.4. The number of nitrogens with zero attached hydrogens (tertiary/aromatic N) is 1. The number of hydrogen-bond acceptors (Lipinski definition) is 4. The van der Waals surface area contributed by atoms with Gasteiger partial charge in [-0.25, -0.2) is 0 Å². The van der Waals surface area contributed by atoms with Crippen LogP contribution in [-0.2, 0) is 19.1 Å². The Bertz CT molecular complexity index is 579. The van der Waals surface area contributed by atoms with Gasteiger partial charge in [-0.3, -0.25) is 9.59 Å². The molecule has 6 heteroatoms. The molecule has 0 spiro atoms. The molecule has 178 valence electrons. The molecule has 1 aliphatic rings. The van der Waals surface area contributed by atoms with Gasteiger partial charge in [-0.1, -0.05) is 56.9 Å². The van der Waals surface area contributed by atoms with E-state index in [-0.39, 0.29) is 12.4 Å². The summed E-state index contributed by atoms with van der Waals surface area (Å²) in [6.45, 7) is 2.64. The fourth-order valence-corrected chi connectivity index (χ4v) is 3.65. The Morgan fingerprint density at radius 1 is 1.00 bits per heavy atom. The lowest BCUT2D eigenvalue weighted by Gasteiger charge is -2.28. The van der Waals surface area contributed by atoms with Crippen molar-refractivity contribution in [3.8, 4) is 0 Å². The number of likely N-dealkylation sites (N-methyl/N-ethyl adjacent to an activating group) is 1. The fourth-order valence-electron chi connectivity index (χ4n) is 3.65. The molecule has 1 heterocycles. The molecular weight excluding hydrogens is 394 g/mol. The van der Waals surface area contributed by atoms with E-state index in [1.54, 1.807) is 0 Å². The van der Waals surface area contributed by atoms with Gasteiger partial charge < -0.3 is 19.1 Å². The number of ether oxygens (including phenoxy) is 2. The van der Waals surface area contributed by atoms with Crippen molar-refractivity contribution in [1.29, 1.82) is 0 Å². The van der Waals surface area contributed by atoms with E-state index in [0.29, 0.717) is 29.7 Å². The van der Waals surface area contributed by atoms with E-state index in [0.717, 1.165) is 51.4 Å². The molecule has 1 fully saturated rings. The molecule has 31 heavy (non-hydrogen) atoms. The summed E-state index contributed by atoms with van der Waals surface area (Å²) < 4.78 is 11.7. The predicted molar refractivity (Wildman–Crippen MR) is 124 cm³/mol. The second-order valence-electron chi connectivity index (χ2n) is 9.52. The van der Waals surface area contributed by atoms with Crippen LogP contribution in [-0.4, -0.2) is 67.5 Å². The summed E-state index contributed by atoms with van der Waals surface area (Å²) in [5.74, 6) is -1.22. The lowest BCUT2D eigenvalue weighted by Crippen LogP contribution is -2.43. The fraction of sp³-hybridized carbons (Fsp3) is 0.760. The van der Waals surface area contributed by atoms with Gasteiger partial charge in [-0.15, -0.1) is 0 Å². The number of epoxide rings is 1. The van der Waals surface area contributed by atoms with Crippen molar-refractivity contribution in [2.75, 3.05) is 27.7 Å². The number of carboxylic acids is 1. The molecule has 0 aromatic carbocycles. The maximum absolute atomic E-state index is 12.1. The van der Waals surface area contributed by atoms with Crippen molar-refractivity contribution in [3.05, 3.63) is 24.3 Å². The van der Waals surface area contributed by atoms with Crippen LogP contribution in [0.15, 0.2) is 24.3 Å². The van der Waals surface area contributed by atoms with Crippen LogP contribution in [0.4, 0.5) is 0 Å². The maximum Gasteiger partial charge on any atom is 0.307 e. The Kier molecular flexibility index (Phi) is 13.4. The maximum atomic E-state index is 12.1. The average Bonchev–Trinajstić information content (AvgIpc) is 3.40. The molecule has 3 unspecified atom stereocenters. The van der Waals surface area contributed by atoms with Gasteiger partial charge in [0, 0.05) is 6.42 Å². The van der Waals surface area contributed by atoms with Crippen LogP contribution >= 0.6 is 0 Å². The monoisotopic (exact) mass is 438 g/mol. The third kappa shape index (κ3) is 15.7. The Morgan fingerprint density at radius 3 is 2.35 bits per heavy atom. The smallest absolute Gasteiger partial charge is 0.307 e. The third-order valence-corrected chi connectivity index (χ3v) is 5.22. The SMILES string of the molecule is CC/C=C/C/C=C/CC1OC1CCCCCCCC(=O)OC(CC(=O)O)C[N+](C)(C)C. The highest BCUT2D eigenvalue weighted by molar-refractivity contribution is 5.71. The number of quaternary nitrogens is 1. The molecule has 0 radical (unpaired) electrons. The van der Waals surface area contributed by atoms with E-state index < -0.39 is 12.1 Å². The van der Waals surface area contributed by atoms with Crippen LogP contribution < -0.4 is 0 Å². The zero-order valence-electron chi connectivity index (χ0n) is 20.1. The van der Waals surface area contributed by atoms with E-state index in [1.165, 1.54) is 6.42 Å². The molecule has 0 saturated carbocycles. The van der Waals surface area contributed by atoms with Gasteiger partial charge in [0.1, 0.15) is 6.54 Å². The van der Waals surface area contributed by atoms with E-state index in [1.807, 2.05) is 21.1 Å². The highest BCUT2D eigenvalue weighted by Crippen LogP contribution is 2.30. The molecular formula is C25H44NO5+. The van der Waals surface area contributed by atoms with Crippen molar-refractivity contribution in [1.82, 2.24) is 0 Å². The van der Waals surface area contributed by atoms with Crippen LogP contribution in [0.5, 0.6) is 0 Å². The standard InChI is InChI=1S/C25H43NO5/c1-5-6-7-8-10-13-16-22-23(31-22)17-14-11-9-12-15-18-25(29)30-21(19-24(27)28)20-26(2,3)4/h6-7,10,13,21-23H,5,8-9,11-12,14-20H2,1-4H3/p+1/b7-6+,13-10+. The summed E-state index contributed by atoms with van der Waals surface area (Å²) in [6, 6.07) is 0. The van der Waals surface area contributed by atoms with Crippen molar-refractivity contribution in [2.24, 2.45) is 0 Å². The summed E-state index contributed by atoms with van der Waals surface area (Å²) in [5, 5.41) is 9.02. The number of hydrogen-bond donors (Lipinski definition) is 1. The minimum absolute atomic E-state index is 0.142. The van der Waals surface area contributed by atoms with E-state index in [4.69, 9.17) is 14.6 Å². The number of allylic oxidation sites excluding steroid dienone is 3. The van der Waals surface area contributed by atoms with Crippen molar-refractivity contribution in [2.45, 2.75) is 95.9 Å². The summed E-state index contributed by atoms with van der Waals surface area (Å²) in [4.78, 5) is 23.1. The molecule has 6 nitrogen and oxygen atoms in total. The Balaban J connectivity index is 2.03. The van der Waals surface area contributed by atoms with Crippen LogP contribution in [0.3, 0.4) is 0 Å². The van der Waals surface area contributed by atoms with Crippen LogP contribution in [0.1, 0.15) is 77.6 Å². The van der Waals surface area contributed by atoms with Crippen molar-refractivity contribution < 1.29 is 28.7 Å². The third-order valence-electron chi connectivity index (χ3n) is 5.22. The second-order valence-corrected chi connectivity index (χ2v) is 9.52. The molecule has 1 aliphatic heterocycles. The van der Waals surface area contributed by atoms with Crippen LogP contribution in [0.2, 0.25) is 0 Å². The molecule has 1 N–H and O–H groups in total. The first-order chi connectivity index (χ1) is 14.7. The topological polar surface area (TPSA) is 76.1 Å². The Hall–Kier alpha value is -1.66. The largest absolute Gasteiger partial charge is 0.481 e. The van der Waals surface area contributed by atoms with E-state index in [9.17, 15) is 9.59 Å². The highest BCUT2D eigenvalue weighted by Gasteiger charge is 2.36. The minimum Gasteiger partial charge on any atom is -0.481 e. The number of carbonyl (C=O) groups is 2. The van der Waals surface area contributed by atoms with Gasteiger partial charge in [0.05, 0.1) is 39.8 Å². The number of esters is 1. The first-order valence-corrected chi connectivity index (χ1v) is 11.9. The molecule has 1 saturated heterocycles. The number of carboxylic acid groups (broad SMARTS) is 1. The van der Waals surface area contributed by atoms with Gasteiger partial charge in [0.25, 0.3) is 0 Å². The molecule has 1 rings (SSSR count). The van der Waals surface area contributed by atoms with Gasteiger partial charge >= 0.3 is 11.9 Å². The number of unbranched alkanes of at least 4 members (excludes halogenated alkanes) is 4. The van der Waals surface area contributed by atoms with E-state index >= 15 is 0 Å². The quantitative estimate of drug-likeness (QED) is 0.108. The Labute approximate surface area is 188 Å². The minimum atomic E-state index is -0.937. The zero-order chi connectivity index (χ0) is 23.1. The summed E-state index contributed by atoms with van der Waals surface area (Å²) in [5.41, 5.74) is 0. The second kappa shape index (κ2) is 15.2. The number of aliphatic carboxylic acids is 1. The summed E-state index contributed by atoms with van der Waals surface area (Å²) >= 11 is 0. The first-order valence-electron chi connectivity index (χ1n) is 11.9. The van der Waals surface area contributed by atoms with Gasteiger partial charge in [0.15, 0.2) is 6.10 Å². The van der Waals surface area contributed by atoms with E-state index in [2.05, 4.69) is 31.2 Å². The lowest BCUT2D eigenvalue weighted by molar-refractivity contribution is -0.873. The molecule has 0 amide bonds. The molecule has 0 bridgehead atoms. The van der Waals surface area contributed by atoms with Gasteiger partial charge in [-0.2, -0.15) is 0 Å². The predicted octanol–water partition coefficient (Wildman–Crippen LogP) is 4.88. The lowest BCUT2D eigenvalue weighted by atomic mass is 10.1. The molecule has 0 aromatic heterocycles. The van der Waals surface area contributed by atoms with Crippen molar-refractivity contribution in [3.63, 3.8) is 0 Å². The van der Waals surface area contributed by atoms with Gasteiger partial charge in [0.2, 0.25) is 0 Å². The highest BCUT2D eigenvalue weighted by atomic mass is 16.6. The summed E-state index contributed by atoms with van der Waals surface area (Å²) in [7, 11) is 5.88. The normalized spacial score (nSPS) is 19.7. The summed E-state index contributed by atoms with van der Waals surface area (Å²) in [6.07, 6.45) is 18.8. The molecule has 0 aliphatic carbocycles. The van der Waals surface area contributed by atoms with Crippen LogP contribution in [0.25, 0.3) is 0 Å².